The van der Waals surface area contributed by atoms with Gasteiger partial charge in [-0.15, -0.1) is 21.5 Å². The number of carbonyl (C=O) groups excluding carboxylic acids is 2. The average molecular weight is 478 g/mol. The van der Waals surface area contributed by atoms with E-state index < -0.39 is 0 Å². The van der Waals surface area contributed by atoms with Crippen LogP contribution in [-0.2, 0) is 11.2 Å². The van der Waals surface area contributed by atoms with Gasteiger partial charge in [0.1, 0.15) is 0 Å². The summed E-state index contributed by atoms with van der Waals surface area (Å²) < 4.78 is 2.00. The molecule has 0 atom stereocenters. The summed E-state index contributed by atoms with van der Waals surface area (Å²) >= 11 is 2.84. The fourth-order valence-corrected chi connectivity index (χ4v) is 5.17. The molecule has 4 aromatic rings. The highest BCUT2D eigenvalue weighted by Gasteiger charge is 2.19. The van der Waals surface area contributed by atoms with Gasteiger partial charge >= 0.3 is 0 Å². The number of amides is 1. The number of thioether (sulfide) groups is 1. The third kappa shape index (κ3) is 5.55. The second kappa shape index (κ2) is 10.5. The minimum Gasteiger partial charge on any atom is -0.356 e. The zero-order valence-corrected chi connectivity index (χ0v) is 19.9. The van der Waals surface area contributed by atoms with Crippen LogP contribution in [0.5, 0.6) is 0 Å². The van der Waals surface area contributed by atoms with Crippen molar-refractivity contribution in [3.63, 3.8) is 0 Å². The minimum absolute atomic E-state index is 0.0422. The summed E-state index contributed by atoms with van der Waals surface area (Å²) in [6.07, 6.45) is 4.16. The molecule has 0 aliphatic heterocycles. The molecule has 0 bridgehead atoms. The molecular formula is C24H23N5O2S2. The highest BCUT2D eigenvalue weighted by atomic mass is 32.2. The van der Waals surface area contributed by atoms with Gasteiger partial charge in [0.25, 0.3) is 0 Å². The number of pyridine rings is 1. The Morgan fingerprint density at radius 3 is 2.61 bits per heavy atom. The molecule has 7 nitrogen and oxygen atoms in total. The van der Waals surface area contributed by atoms with E-state index in [4.69, 9.17) is 0 Å². The van der Waals surface area contributed by atoms with Crippen LogP contribution in [0.3, 0.4) is 0 Å². The molecule has 3 heterocycles. The Bertz CT molecular complexity index is 1270. The lowest BCUT2D eigenvalue weighted by molar-refractivity contribution is -0.118. The SMILES string of the molecule is CC(=O)NCCc1ccc(C(=O)CSc2nnc(-c3ccncc3)n2-c2ccccc2C)s1. The monoisotopic (exact) mass is 477 g/mol. The Morgan fingerprint density at radius 2 is 1.85 bits per heavy atom. The van der Waals surface area contributed by atoms with Gasteiger partial charge in [-0.1, -0.05) is 30.0 Å². The smallest absolute Gasteiger partial charge is 0.216 e. The largest absolute Gasteiger partial charge is 0.356 e. The number of carbonyl (C=O) groups is 2. The summed E-state index contributed by atoms with van der Waals surface area (Å²) in [6, 6.07) is 15.6. The number of Topliss-reactive ketones (excluding diaryl/α,β-unsaturated/α-hetero) is 1. The Labute approximate surface area is 200 Å². The zero-order chi connectivity index (χ0) is 23.2. The van der Waals surface area contributed by atoms with Gasteiger partial charge in [0.05, 0.1) is 16.3 Å². The topological polar surface area (TPSA) is 89.8 Å². The second-order valence-corrected chi connectivity index (χ2v) is 9.49. The number of benzene rings is 1. The van der Waals surface area contributed by atoms with Gasteiger partial charge < -0.3 is 5.32 Å². The number of hydrogen-bond acceptors (Lipinski definition) is 7. The molecule has 0 saturated carbocycles. The average Bonchev–Trinajstić information content (AvgIpc) is 3.46. The third-order valence-electron chi connectivity index (χ3n) is 4.94. The van der Waals surface area contributed by atoms with E-state index >= 15 is 0 Å². The lowest BCUT2D eigenvalue weighted by Gasteiger charge is -2.12. The molecule has 0 radical (unpaired) electrons. The second-order valence-electron chi connectivity index (χ2n) is 7.37. The van der Waals surface area contributed by atoms with E-state index in [1.165, 1.54) is 30.0 Å². The van der Waals surface area contributed by atoms with E-state index in [0.29, 0.717) is 28.8 Å². The molecule has 1 N–H and O–H groups in total. The summed E-state index contributed by atoms with van der Waals surface area (Å²) in [6.45, 7) is 4.10. The van der Waals surface area contributed by atoms with Crippen molar-refractivity contribution in [2.75, 3.05) is 12.3 Å². The van der Waals surface area contributed by atoms with Crippen molar-refractivity contribution >= 4 is 34.8 Å². The van der Waals surface area contributed by atoms with Gasteiger partial charge in [-0.2, -0.15) is 0 Å². The van der Waals surface area contributed by atoms with E-state index in [1.54, 1.807) is 12.4 Å². The van der Waals surface area contributed by atoms with Gasteiger partial charge in [0.15, 0.2) is 16.8 Å². The first-order valence-corrected chi connectivity index (χ1v) is 12.2. The van der Waals surface area contributed by atoms with Gasteiger partial charge in [0.2, 0.25) is 5.91 Å². The first kappa shape index (κ1) is 22.9. The summed E-state index contributed by atoms with van der Waals surface area (Å²) in [7, 11) is 0. The van der Waals surface area contributed by atoms with E-state index in [0.717, 1.165) is 21.7 Å². The first-order chi connectivity index (χ1) is 16.0. The van der Waals surface area contributed by atoms with Gasteiger partial charge in [-0.05, 0) is 49.2 Å². The number of hydrogen-bond donors (Lipinski definition) is 1. The number of aromatic nitrogens is 4. The maximum absolute atomic E-state index is 12.9. The molecule has 168 valence electrons. The lowest BCUT2D eigenvalue weighted by atomic mass is 10.2. The first-order valence-electron chi connectivity index (χ1n) is 10.4. The lowest BCUT2D eigenvalue weighted by Crippen LogP contribution is -2.22. The molecule has 0 aliphatic carbocycles. The predicted molar refractivity (Wildman–Crippen MR) is 131 cm³/mol. The van der Waals surface area contributed by atoms with Crippen LogP contribution < -0.4 is 5.32 Å². The van der Waals surface area contributed by atoms with Crippen LogP contribution in [0.15, 0.2) is 66.1 Å². The summed E-state index contributed by atoms with van der Waals surface area (Å²) in [4.78, 5) is 29.8. The molecule has 9 heteroatoms. The number of thiophene rings is 1. The van der Waals surface area contributed by atoms with Crippen LogP contribution in [0.25, 0.3) is 17.1 Å². The molecular weight excluding hydrogens is 454 g/mol. The van der Waals surface area contributed by atoms with Crippen molar-refractivity contribution in [2.24, 2.45) is 0 Å². The van der Waals surface area contributed by atoms with Crippen molar-refractivity contribution in [1.82, 2.24) is 25.1 Å². The predicted octanol–water partition coefficient (Wildman–Crippen LogP) is 4.35. The maximum atomic E-state index is 12.9. The molecule has 4 rings (SSSR count). The van der Waals surface area contributed by atoms with E-state index in [1.807, 2.05) is 60.0 Å². The molecule has 33 heavy (non-hydrogen) atoms. The molecule has 0 unspecified atom stereocenters. The molecule has 1 amide bonds. The van der Waals surface area contributed by atoms with Crippen LogP contribution in [0.1, 0.15) is 27.0 Å². The third-order valence-corrected chi connectivity index (χ3v) is 7.06. The number of aryl methyl sites for hydroxylation is 1. The van der Waals surface area contributed by atoms with Crippen LogP contribution in [0.2, 0.25) is 0 Å². The van der Waals surface area contributed by atoms with Crippen molar-refractivity contribution in [1.29, 1.82) is 0 Å². The number of nitrogens with zero attached hydrogens (tertiary/aromatic N) is 4. The Balaban J connectivity index is 1.54. The van der Waals surface area contributed by atoms with Crippen molar-refractivity contribution < 1.29 is 9.59 Å². The van der Waals surface area contributed by atoms with Crippen LogP contribution in [-0.4, -0.2) is 43.7 Å². The van der Waals surface area contributed by atoms with E-state index in [2.05, 4.69) is 20.5 Å². The Morgan fingerprint density at radius 1 is 1.06 bits per heavy atom. The quantitative estimate of drug-likeness (QED) is 0.285. The van der Waals surface area contributed by atoms with Crippen LogP contribution in [0.4, 0.5) is 0 Å². The molecule has 0 fully saturated rings. The Kier molecular flexibility index (Phi) is 7.31. The number of ketones is 1. The fourth-order valence-electron chi connectivity index (χ4n) is 3.31. The summed E-state index contributed by atoms with van der Waals surface area (Å²) in [5.41, 5.74) is 2.96. The molecule has 0 saturated heterocycles. The van der Waals surface area contributed by atoms with E-state index in [9.17, 15) is 9.59 Å². The van der Waals surface area contributed by atoms with Crippen molar-refractivity contribution in [3.05, 3.63) is 76.2 Å². The van der Waals surface area contributed by atoms with Crippen LogP contribution in [0, 0.1) is 6.92 Å². The van der Waals surface area contributed by atoms with Crippen LogP contribution >= 0.6 is 23.1 Å². The van der Waals surface area contributed by atoms with Gasteiger partial charge in [-0.3, -0.25) is 19.1 Å². The zero-order valence-electron chi connectivity index (χ0n) is 18.3. The summed E-state index contributed by atoms with van der Waals surface area (Å²) in [5, 5.41) is 12.3. The fraction of sp³-hybridized carbons (Fsp3) is 0.208. The minimum atomic E-state index is -0.0526. The number of para-hydroxylation sites is 1. The maximum Gasteiger partial charge on any atom is 0.216 e. The van der Waals surface area contributed by atoms with Crippen molar-refractivity contribution in [3.8, 4) is 17.1 Å². The standard InChI is InChI=1S/C24H23N5O2S2/c1-16-5-3-4-6-20(16)29-23(18-9-12-25-13-10-18)27-28-24(29)32-15-21(31)22-8-7-19(33-22)11-14-26-17(2)30/h3-10,12-13H,11,14-15H2,1-2H3,(H,26,30). The number of nitrogens with one attached hydrogen (secondary N) is 1. The highest BCUT2D eigenvalue weighted by molar-refractivity contribution is 7.99. The molecule has 0 spiro atoms. The van der Waals surface area contributed by atoms with Gasteiger partial charge in [0, 0.05) is 36.3 Å². The Hall–Kier alpha value is -3.30. The number of rotatable bonds is 9. The van der Waals surface area contributed by atoms with E-state index in [-0.39, 0.29) is 17.4 Å². The normalized spacial score (nSPS) is 10.8. The van der Waals surface area contributed by atoms with Crippen molar-refractivity contribution in [2.45, 2.75) is 25.4 Å². The molecule has 1 aromatic carbocycles. The van der Waals surface area contributed by atoms with Gasteiger partial charge in [-0.25, -0.2) is 0 Å². The summed E-state index contributed by atoms with van der Waals surface area (Å²) in [5.74, 6) is 0.952. The molecule has 3 aromatic heterocycles. The molecule has 0 aliphatic rings. The highest BCUT2D eigenvalue weighted by Crippen LogP contribution is 2.30.